The second kappa shape index (κ2) is 6.92. The summed E-state index contributed by atoms with van der Waals surface area (Å²) in [5.41, 5.74) is 4.06. The Bertz CT molecular complexity index is 921. The topological polar surface area (TPSA) is 61.9 Å². The first-order chi connectivity index (χ1) is 12.6. The lowest BCUT2D eigenvalue weighted by molar-refractivity contribution is -0.120. The van der Waals surface area contributed by atoms with E-state index in [0.29, 0.717) is 11.6 Å². The minimum absolute atomic E-state index is 0.0170. The van der Waals surface area contributed by atoms with Crippen LogP contribution in [0.4, 0.5) is 5.82 Å². The Balaban J connectivity index is 1.53. The summed E-state index contributed by atoms with van der Waals surface area (Å²) in [5.74, 6) is 0.841. The van der Waals surface area contributed by atoms with E-state index in [1.54, 1.807) is 17.3 Å². The minimum atomic E-state index is -0.0170. The van der Waals surface area contributed by atoms with Crippen LogP contribution in [0.5, 0.6) is 0 Å². The van der Waals surface area contributed by atoms with Crippen LogP contribution in [0.15, 0.2) is 48.8 Å². The van der Waals surface area contributed by atoms with Crippen molar-refractivity contribution in [1.82, 2.24) is 15.2 Å². The van der Waals surface area contributed by atoms with E-state index in [1.165, 1.54) is 0 Å². The molecule has 5 nitrogen and oxygen atoms in total. The molecular weight excluding hydrogens is 348 g/mol. The van der Waals surface area contributed by atoms with Crippen LogP contribution < -0.4 is 4.90 Å². The zero-order valence-corrected chi connectivity index (χ0v) is 15.2. The van der Waals surface area contributed by atoms with Crippen LogP contribution in [0.2, 0.25) is 5.02 Å². The smallest absolute Gasteiger partial charge is 0.231 e. The zero-order chi connectivity index (χ0) is 18.1. The van der Waals surface area contributed by atoms with Crippen molar-refractivity contribution >= 4 is 23.3 Å². The first kappa shape index (κ1) is 16.8. The van der Waals surface area contributed by atoms with Crippen LogP contribution in [0.25, 0.3) is 11.3 Å². The Morgan fingerprint density at radius 1 is 1.19 bits per heavy atom. The average molecular weight is 367 g/mol. The molecule has 2 aromatic heterocycles. The van der Waals surface area contributed by atoms with Gasteiger partial charge in [-0.15, -0.1) is 0 Å². The lowest BCUT2D eigenvalue weighted by atomic mass is 9.98. The van der Waals surface area contributed by atoms with Gasteiger partial charge in [0.05, 0.1) is 5.69 Å². The summed E-state index contributed by atoms with van der Waals surface area (Å²) in [6.07, 6.45) is 5.06. The molecule has 0 aliphatic carbocycles. The van der Waals surface area contributed by atoms with Crippen LogP contribution in [0.1, 0.15) is 17.5 Å². The highest BCUT2D eigenvalue weighted by Gasteiger charge is 2.34. The highest BCUT2D eigenvalue weighted by Crippen LogP contribution is 2.32. The highest BCUT2D eigenvalue weighted by atomic mass is 35.5. The number of nitrogens with one attached hydrogen (secondary N) is 1. The van der Waals surface area contributed by atoms with Crippen molar-refractivity contribution in [2.45, 2.75) is 19.8 Å². The molecule has 0 spiro atoms. The van der Waals surface area contributed by atoms with Crippen molar-refractivity contribution in [3.8, 4) is 11.3 Å². The third-order valence-corrected chi connectivity index (χ3v) is 5.17. The Morgan fingerprint density at radius 2 is 1.92 bits per heavy atom. The first-order valence-electron chi connectivity index (χ1n) is 8.64. The van der Waals surface area contributed by atoms with E-state index in [4.69, 9.17) is 11.6 Å². The first-order valence-corrected chi connectivity index (χ1v) is 9.02. The molecule has 1 N–H and O–H groups in total. The van der Waals surface area contributed by atoms with E-state index in [0.717, 1.165) is 41.0 Å². The van der Waals surface area contributed by atoms with Crippen LogP contribution in [0.3, 0.4) is 0 Å². The molecule has 1 amide bonds. The number of rotatable bonds is 4. The molecule has 26 heavy (non-hydrogen) atoms. The van der Waals surface area contributed by atoms with Crippen LogP contribution in [-0.2, 0) is 11.2 Å². The lowest BCUT2D eigenvalue weighted by Crippen LogP contribution is -2.28. The molecule has 6 heteroatoms. The van der Waals surface area contributed by atoms with Gasteiger partial charge in [0, 0.05) is 41.0 Å². The number of hydrogen-bond acceptors (Lipinski definition) is 3. The minimum Gasteiger partial charge on any atom is -0.295 e. The van der Waals surface area contributed by atoms with Gasteiger partial charge in [-0.25, -0.2) is 0 Å². The maximum Gasteiger partial charge on any atom is 0.231 e. The number of hydrogen-bond donors (Lipinski definition) is 1. The van der Waals surface area contributed by atoms with E-state index < -0.39 is 0 Å². The number of anilines is 1. The van der Waals surface area contributed by atoms with Crippen LogP contribution >= 0.6 is 11.6 Å². The van der Waals surface area contributed by atoms with Gasteiger partial charge in [-0.05, 0) is 49.6 Å². The van der Waals surface area contributed by atoms with Gasteiger partial charge in [0.25, 0.3) is 0 Å². The van der Waals surface area contributed by atoms with Gasteiger partial charge in [-0.3, -0.25) is 19.8 Å². The average Bonchev–Trinajstić information content (AvgIpc) is 3.21. The number of amides is 1. The third-order valence-electron chi connectivity index (χ3n) is 4.92. The summed E-state index contributed by atoms with van der Waals surface area (Å²) in [5, 5.41) is 8.20. The van der Waals surface area contributed by atoms with Gasteiger partial charge in [0.2, 0.25) is 5.91 Å². The summed E-state index contributed by atoms with van der Waals surface area (Å²) in [6.45, 7) is 2.69. The van der Waals surface area contributed by atoms with Gasteiger partial charge < -0.3 is 0 Å². The van der Waals surface area contributed by atoms with E-state index in [9.17, 15) is 4.79 Å². The molecular formula is C20H19ClN4O. The largest absolute Gasteiger partial charge is 0.295 e. The van der Waals surface area contributed by atoms with Crippen molar-refractivity contribution in [3.05, 3.63) is 64.9 Å². The number of carbonyl (C=O) groups excluding carboxylic acids is 1. The SMILES string of the molecule is Cc1c(N2CC[C@H](Cc3ccc(Cl)cc3)C2=O)n[nH]c1-c1ccncc1. The second-order valence-electron chi connectivity index (χ2n) is 6.59. The maximum absolute atomic E-state index is 12.9. The zero-order valence-electron chi connectivity index (χ0n) is 14.4. The van der Waals surface area contributed by atoms with Crippen molar-refractivity contribution in [1.29, 1.82) is 0 Å². The normalized spacial score (nSPS) is 17.1. The molecule has 3 heterocycles. The number of aromatic amines is 1. The predicted octanol–water partition coefficient (Wildman–Crippen LogP) is 4.03. The van der Waals surface area contributed by atoms with E-state index >= 15 is 0 Å². The van der Waals surface area contributed by atoms with E-state index in [-0.39, 0.29) is 11.8 Å². The summed E-state index contributed by atoms with van der Waals surface area (Å²) >= 11 is 5.94. The maximum atomic E-state index is 12.9. The van der Waals surface area contributed by atoms with Gasteiger partial charge in [0.15, 0.2) is 5.82 Å². The van der Waals surface area contributed by atoms with E-state index in [2.05, 4.69) is 15.2 Å². The number of nitrogens with zero attached hydrogens (tertiary/aromatic N) is 3. The molecule has 0 saturated carbocycles. The van der Waals surface area contributed by atoms with Crippen molar-refractivity contribution in [3.63, 3.8) is 0 Å². The van der Waals surface area contributed by atoms with Gasteiger partial charge in [0.1, 0.15) is 0 Å². The molecule has 132 valence electrons. The Morgan fingerprint density at radius 3 is 2.65 bits per heavy atom. The molecule has 1 fully saturated rings. The fraction of sp³-hybridized carbons (Fsp3) is 0.250. The number of aromatic nitrogens is 3. The predicted molar refractivity (Wildman–Crippen MR) is 102 cm³/mol. The second-order valence-corrected chi connectivity index (χ2v) is 7.03. The summed E-state index contributed by atoms with van der Waals surface area (Å²) in [6, 6.07) is 11.6. The highest BCUT2D eigenvalue weighted by molar-refractivity contribution is 6.30. The molecule has 1 saturated heterocycles. The number of halogens is 1. The summed E-state index contributed by atoms with van der Waals surface area (Å²) in [7, 11) is 0. The van der Waals surface area contributed by atoms with Crippen molar-refractivity contribution < 1.29 is 4.79 Å². The van der Waals surface area contributed by atoms with Gasteiger partial charge in [-0.2, -0.15) is 5.10 Å². The standard InChI is InChI=1S/C20H19ClN4O/c1-13-18(15-6-9-22-10-7-15)23-24-19(13)25-11-8-16(20(25)26)12-14-2-4-17(21)5-3-14/h2-7,9-10,16H,8,11-12H2,1H3,(H,23,24)/t16-/m1/s1. The monoisotopic (exact) mass is 366 g/mol. The molecule has 0 unspecified atom stereocenters. The Labute approximate surface area is 157 Å². The quantitative estimate of drug-likeness (QED) is 0.758. The number of pyridine rings is 1. The fourth-order valence-corrected chi connectivity index (χ4v) is 3.62. The molecule has 3 aromatic rings. The van der Waals surface area contributed by atoms with Gasteiger partial charge >= 0.3 is 0 Å². The Kier molecular flexibility index (Phi) is 4.47. The van der Waals surface area contributed by atoms with Gasteiger partial charge in [-0.1, -0.05) is 23.7 Å². The molecule has 1 aliphatic rings. The fourth-order valence-electron chi connectivity index (χ4n) is 3.49. The third kappa shape index (κ3) is 3.10. The summed E-state index contributed by atoms with van der Waals surface area (Å²) in [4.78, 5) is 18.8. The molecule has 4 rings (SSSR count). The van der Waals surface area contributed by atoms with Crippen molar-refractivity contribution in [2.24, 2.45) is 5.92 Å². The molecule has 1 aromatic carbocycles. The molecule has 1 aliphatic heterocycles. The van der Waals surface area contributed by atoms with Crippen LogP contribution in [-0.4, -0.2) is 27.6 Å². The molecule has 0 radical (unpaired) electrons. The number of benzene rings is 1. The number of H-pyrrole nitrogens is 1. The van der Waals surface area contributed by atoms with E-state index in [1.807, 2.05) is 43.3 Å². The number of carbonyl (C=O) groups is 1. The molecule has 0 bridgehead atoms. The lowest BCUT2D eigenvalue weighted by Gasteiger charge is -2.15. The summed E-state index contributed by atoms with van der Waals surface area (Å²) < 4.78 is 0. The van der Waals surface area contributed by atoms with Crippen molar-refractivity contribution in [2.75, 3.05) is 11.4 Å². The Hall–Kier alpha value is -2.66. The van der Waals surface area contributed by atoms with Crippen LogP contribution in [0, 0.1) is 12.8 Å². The molecule has 1 atom stereocenters.